The Morgan fingerprint density at radius 3 is 2.61 bits per heavy atom. The number of carbonyl (C=O) groups is 1. The van der Waals surface area contributed by atoms with Gasteiger partial charge in [-0.1, -0.05) is 24.3 Å². The van der Waals surface area contributed by atoms with Crippen LogP contribution >= 0.6 is 0 Å². The van der Waals surface area contributed by atoms with Crippen molar-refractivity contribution >= 4 is 5.91 Å². The van der Waals surface area contributed by atoms with Crippen molar-refractivity contribution < 1.29 is 9.53 Å². The van der Waals surface area contributed by atoms with E-state index in [-0.39, 0.29) is 5.91 Å². The van der Waals surface area contributed by atoms with E-state index in [1.807, 2.05) is 29.4 Å². The molecular weight excluding hydrogens is 352 g/mol. The molecule has 1 amide bonds. The monoisotopic (exact) mass is 380 g/mol. The van der Waals surface area contributed by atoms with E-state index in [2.05, 4.69) is 28.9 Å². The summed E-state index contributed by atoms with van der Waals surface area (Å²) < 4.78 is 5.33. The molecule has 148 valence electrons. The highest BCUT2D eigenvalue weighted by Gasteiger charge is 2.25. The minimum Gasteiger partial charge on any atom is -0.378 e. The second kappa shape index (κ2) is 8.80. The van der Waals surface area contributed by atoms with Crippen LogP contribution in [0.2, 0.25) is 0 Å². The number of hydrogen-bond donors (Lipinski definition) is 0. The number of carbonyl (C=O) groups excluding carboxylic acids is 1. The summed E-state index contributed by atoms with van der Waals surface area (Å²) in [6, 6.07) is 8.29. The number of aromatic nitrogens is 2. The van der Waals surface area contributed by atoms with Crippen LogP contribution in [-0.4, -0.2) is 71.6 Å². The lowest BCUT2D eigenvalue weighted by atomic mass is 9.93. The average molecular weight is 380 g/mol. The van der Waals surface area contributed by atoms with Crippen LogP contribution < -0.4 is 0 Å². The third-order valence-electron chi connectivity index (χ3n) is 5.80. The number of ether oxygens (including phenoxy) is 1. The first-order valence-electron chi connectivity index (χ1n) is 10.2. The number of hydrogen-bond acceptors (Lipinski definition) is 5. The molecule has 28 heavy (non-hydrogen) atoms. The predicted octanol–water partition coefficient (Wildman–Crippen LogP) is 2.49. The summed E-state index contributed by atoms with van der Waals surface area (Å²) in [5.74, 6) is 0.634. The van der Waals surface area contributed by atoms with Gasteiger partial charge >= 0.3 is 0 Å². The molecule has 2 aliphatic heterocycles. The third kappa shape index (κ3) is 4.39. The summed E-state index contributed by atoms with van der Waals surface area (Å²) in [7, 11) is 0. The number of likely N-dealkylation sites (tertiary alicyclic amines) is 1. The van der Waals surface area contributed by atoms with Gasteiger partial charge in [-0.15, -0.1) is 0 Å². The zero-order valence-corrected chi connectivity index (χ0v) is 16.5. The first-order valence-corrected chi connectivity index (χ1v) is 10.2. The van der Waals surface area contributed by atoms with E-state index in [9.17, 15) is 4.79 Å². The van der Waals surface area contributed by atoms with Gasteiger partial charge < -0.3 is 9.64 Å². The second-order valence-electron chi connectivity index (χ2n) is 7.69. The van der Waals surface area contributed by atoms with Gasteiger partial charge in [0.1, 0.15) is 0 Å². The SMILES string of the molecule is Cc1ccccc1-c1cncc(C2CCN(CC(=O)N3CCOCC3)CC2)n1. The van der Waals surface area contributed by atoms with Crippen LogP contribution in [0.25, 0.3) is 11.3 Å². The Hall–Kier alpha value is -2.31. The molecule has 0 bridgehead atoms. The van der Waals surface area contributed by atoms with Gasteiger partial charge in [0.2, 0.25) is 5.91 Å². The normalized spacial score (nSPS) is 19.0. The maximum absolute atomic E-state index is 12.5. The Bertz CT molecular complexity index is 812. The van der Waals surface area contributed by atoms with Gasteiger partial charge in [0.15, 0.2) is 0 Å². The Morgan fingerprint density at radius 1 is 1.11 bits per heavy atom. The van der Waals surface area contributed by atoms with Crippen LogP contribution in [0.3, 0.4) is 0 Å². The van der Waals surface area contributed by atoms with Gasteiger partial charge in [-0.2, -0.15) is 0 Å². The smallest absolute Gasteiger partial charge is 0.236 e. The average Bonchev–Trinajstić information content (AvgIpc) is 2.75. The molecule has 1 aromatic carbocycles. The largest absolute Gasteiger partial charge is 0.378 e. The van der Waals surface area contributed by atoms with Crippen molar-refractivity contribution in [3.8, 4) is 11.3 Å². The maximum Gasteiger partial charge on any atom is 0.236 e. The van der Waals surface area contributed by atoms with E-state index < -0.39 is 0 Å². The van der Waals surface area contributed by atoms with E-state index in [1.165, 1.54) is 5.56 Å². The molecule has 2 saturated heterocycles. The van der Waals surface area contributed by atoms with Crippen LogP contribution in [0.1, 0.15) is 30.0 Å². The molecule has 0 unspecified atom stereocenters. The van der Waals surface area contributed by atoms with E-state index in [0.29, 0.717) is 25.7 Å². The molecule has 0 spiro atoms. The number of amides is 1. The molecule has 6 heteroatoms. The van der Waals surface area contributed by atoms with Gasteiger partial charge in [0.05, 0.1) is 37.3 Å². The first kappa shape index (κ1) is 19.0. The summed E-state index contributed by atoms with van der Waals surface area (Å²) in [6.45, 7) is 7.23. The maximum atomic E-state index is 12.5. The molecular formula is C22H28N4O2. The van der Waals surface area contributed by atoms with Crippen molar-refractivity contribution in [2.24, 2.45) is 0 Å². The molecule has 0 saturated carbocycles. The number of nitrogens with zero attached hydrogens (tertiary/aromatic N) is 4. The Morgan fingerprint density at radius 2 is 1.86 bits per heavy atom. The van der Waals surface area contributed by atoms with E-state index in [0.717, 1.165) is 56.0 Å². The molecule has 2 aromatic rings. The van der Waals surface area contributed by atoms with Crippen LogP contribution in [0.15, 0.2) is 36.7 Å². The summed E-state index contributed by atoms with van der Waals surface area (Å²) >= 11 is 0. The fourth-order valence-corrected chi connectivity index (χ4v) is 4.06. The third-order valence-corrected chi connectivity index (χ3v) is 5.80. The van der Waals surface area contributed by atoms with Crippen molar-refractivity contribution in [1.29, 1.82) is 0 Å². The van der Waals surface area contributed by atoms with Crippen molar-refractivity contribution in [3.05, 3.63) is 47.9 Å². The number of aryl methyl sites for hydroxylation is 1. The zero-order valence-electron chi connectivity index (χ0n) is 16.5. The fourth-order valence-electron chi connectivity index (χ4n) is 4.06. The molecule has 4 rings (SSSR count). The van der Waals surface area contributed by atoms with Gasteiger partial charge in [0, 0.05) is 30.8 Å². The predicted molar refractivity (Wildman–Crippen MR) is 108 cm³/mol. The second-order valence-corrected chi connectivity index (χ2v) is 7.69. The highest BCUT2D eigenvalue weighted by Crippen LogP contribution is 2.28. The summed E-state index contributed by atoms with van der Waals surface area (Å²) in [6.07, 6.45) is 5.79. The van der Waals surface area contributed by atoms with Gasteiger partial charge in [0.25, 0.3) is 0 Å². The lowest BCUT2D eigenvalue weighted by Crippen LogP contribution is -2.47. The summed E-state index contributed by atoms with van der Waals surface area (Å²) in [5, 5.41) is 0. The standard InChI is InChI=1S/C22H28N4O2/c1-17-4-2-3-5-19(17)21-15-23-14-20(24-21)18-6-8-25(9-7-18)16-22(27)26-10-12-28-13-11-26/h2-5,14-15,18H,6-13,16H2,1H3. The van der Waals surface area contributed by atoms with Gasteiger partial charge in [-0.25, -0.2) is 4.98 Å². The van der Waals surface area contributed by atoms with E-state index in [4.69, 9.17) is 9.72 Å². The van der Waals surface area contributed by atoms with Gasteiger partial charge in [-0.05, 0) is 38.4 Å². The number of benzene rings is 1. The zero-order chi connectivity index (χ0) is 19.3. The topological polar surface area (TPSA) is 58.6 Å². The highest BCUT2D eigenvalue weighted by molar-refractivity contribution is 5.78. The summed E-state index contributed by atoms with van der Waals surface area (Å²) in [4.78, 5) is 26.0. The van der Waals surface area contributed by atoms with Crippen LogP contribution in [-0.2, 0) is 9.53 Å². The number of morpholine rings is 1. The fraction of sp³-hybridized carbons (Fsp3) is 0.500. The minimum absolute atomic E-state index is 0.225. The van der Waals surface area contributed by atoms with Crippen LogP contribution in [0.5, 0.6) is 0 Å². The molecule has 0 N–H and O–H groups in total. The molecule has 2 aliphatic rings. The highest BCUT2D eigenvalue weighted by atomic mass is 16.5. The molecule has 0 radical (unpaired) electrons. The van der Waals surface area contributed by atoms with Gasteiger partial charge in [-0.3, -0.25) is 14.7 Å². The van der Waals surface area contributed by atoms with Crippen LogP contribution in [0, 0.1) is 6.92 Å². The number of piperidine rings is 1. The lowest BCUT2D eigenvalue weighted by Gasteiger charge is -2.34. The Balaban J connectivity index is 1.36. The molecule has 2 fully saturated rings. The quantitative estimate of drug-likeness (QED) is 0.816. The molecule has 6 nitrogen and oxygen atoms in total. The van der Waals surface area contributed by atoms with E-state index in [1.54, 1.807) is 0 Å². The van der Waals surface area contributed by atoms with Crippen LogP contribution in [0.4, 0.5) is 0 Å². The van der Waals surface area contributed by atoms with E-state index >= 15 is 0 Å². The number of rotatable bonds is 4. The van der Waals surface area contributed by atoms with Crippen molar-refractivity contribution in [1.82, 2.24) is 19.8 Å². The first-order chi connectivity index (χ1) is 13.7. The Kier molecular flexibility index (Phi) is 5.98. The van der Waals surface area contributed by atoms with Crippen molar-refractivity contribution in [3.63, 3.8) is 0 Å². The molecule has 1 aromatic heterocycles. The molecule has 0 aliphatic carbocycles. The lowest BCUT2D eigenvalue weighted by molar-refractivity contribution is -0.136. The molecule has 0 atom stereocenters. The van der Waals surface area contributed by atoms with Crippen molar-refractivity contribution in [2.45, 2.75) is 25.7 Å². The summed E-state index contributed by atoms with van der Waals surface area (Å²) in [5.41, 5.74) is 4.37. The molecule has 3 heterocycles. The Labute approximate surface area is 166 Å². The van der Waals surface area contributed by atoms with Crippen molar-refractivity contribution in [2.75, 3.05) is 45.9 Å². The minimum atomic E-state index is 0.225.